The van der Waals surface area contributed by atoms with Gasteiger partial charge >= 0.3 is 0 Å². The molecule has 0 saturated heterocycles. The summed E-state index contributed by atoms with van der Waals surface area (Å²) in [5, 5.41) is 10.7. The Balaban J connectivity index is 2.91. The number of benzene rings is 1. The summed E-state index contributed by atoms with van der Waals surface area (Å²) in [6.45, 7) is 1.92. The van der Waals surface area contributed by atoms with Gasteiger partial charge in [-0.1, -0.05) is 36.2 Å². The number of halogens is 2. The van der Waals surface area contributed by atoms with Crippen LogP contribution in [-0.2, 0) is 0 Å². The van der Waals surface area contributed by atoms with Crippen LogP contribution in [0.1, 0.15) is 25.0 Å². The number of aliphatic hydroxyl groups excluding tert-OH is 1. The normalized spacial score (nSPS) is 15.2. The van der Waals surface area contributed by atoms with E-state index in [2.05, 4.69) is 0 Å². The summed E-state index contributed by atoms with van der Waals surface area (Å²) in [6.07, 6.45) is 0.0243. The number of rotatable bonds is 3. The SMILES string of the molecule is CC[C@@H](N)[C@@H](O)c1ccc(Cl)c(Cl)c1. The highest BCUT2D eigenvalue weighted by Crippen LogP contribution is 2.26. The van der Waals surface area contributed by atoms with Gasteiger partial charge in [-0.2, -0.15) is 0 Å². The molecule has 2 atom stereocenters. The van der Waals surface area contributed by atoms with Crippen molar-refractivity contribution in [3.63, 3.8) is 0 Å². The highest BCUT2D eigenvalue weighted by molar-refractivity contribution is 6.42. The van der Waals surface area contributed by atoms with Crippen molar-refractivity contribution in [2.75, 3.05) is 0 Å². The molecule has 4 heteroatoms. The Morgan fingerprint density at radius 1 is 1.36 bits per heavy atom. The smallest absolute Gasteiger partial charge is 0.0941 e. The fraction of sp³-hybridized carbons (Fsp3) is 0.400. The van der Waals surface area contributed by atoms with Crippen LogP contribution in [0.5, 0.6) is 0 Å². The number of aliphatic hydroxyl groups is 1. The zero-order chi connectivity index (χ0) is 10.7. The second-order valence-corrected chi connectivity index (χ2v) is 4.00. The molecule has 0 amide bonds. The van der Waals surface area contributed by atoms with E-state index in [4.69, 9.17) is 28.9 Å². The molecule has 0 aliphatic rings. The molecule has 3 N–H and O–H groups in total. The zero-order valence-electron chi connectivity index (χ0n) is 7.87. The van der Waals surface area contributed by atoms with E-state index >= 15 is 0 Å². The van der Waals surface area contributed by atoms with Crippen molar-refractivity contribution in [1.82, 2.24) is 0 Å². The summed E-state index contributed by atoms with van der Waals surface area (Å²) < 4.78 is 0. The Hall–Kier alpha value is -0.280. The molecule has 0 fully saturated rings. The van der Waals surface area contributed by atoms with Crippen LogP contribution < -0.4 is 5.73 Å². The van der Waals surface area contributed by atoms with Gasteiger partial charge in [-0.15, -0.1) is 0 Å². The van der Waals surface area contributed by atoms with Gasteiger partial charge in [-0.25, -0.2) is 0 Å². The number of nitrogens with two attached hydrogens (primary N) is 1. The van der Waals surface area contributed by atoms with Gasteiger partial charge in [0.15, 0.2) is 0 Å². The van der Waals surface area contributed by atoms with Gasteiger partial charge in [-0.3, -0.25) is 0 Å². The standard InChI is InChI=1S/C10H13Cl2NO/c1-2-9(13)10(14)6-3-4-7(11)8(12)5-6/h3-5,9-10,14H,2,13H2,1H3/t9-,10+/m1/s1. The molecule has 14 heavy (non-hydrogen) atoms. The second kappa shape index (κ2) is 4.99. The van der Waals surface area contributed by atoms with Crippen molar-refractivity contribution in [3.05, 3.63) is 33.8 Å². The van der Waals surface area contributed by atoms with Gasteiger partial charge in [0.1, 0.15) is 0 Å². The van der Waals surface area contributed by atoms with E-state index in [1.165, 1.54) is 0 Å². The molecule has 0 heterocycles. The predicted molar refractivity (Wildman–Crippen MR) is 59.7 cm³/mol. The molecular weight excluding hydrogens is 221 g/mol. The van der Waals surface area contributed by atoms with Gasteiger partial charge in [0.2, 0.25) is 0 Å². The molecule has 1 rings (SSSR count). The summed E-state index contributed by atoms with van der Waals surface area (Å²) in [5.74, 6) is 0. The van der Waals surface area contributed by atoms with Crippen LogP contribution in [0, 0.1) is 0 Å². The van der Waals surface area contributed by atoms with Crippen LogP contribution in [0.25, 0.3) is 0 Å². The van der Waals surface area contributed by atoms with Crippen molar-refractivity contribution < 1.29 is 5.11 Å². The van der Waals surface area contributed by atoms with Gasteiger partial charge < -0.3 is 10.8 Å². The first-order valence-electron chi connectivity index (χ1n) is 4.44. The molecule has 0 aliphatic carbocycles. The number of hydrogen-bond donors (Lipinski definition) is 2. The first-order valence-corrected chi connectivity index (χ1v) is 5.20. The van der Waals surface area contributed by atoms with Crippen LogP contribution in [0.3, 0.4) is 0 Å². The van der Waals surface area contributed by atoms with E-state index in [0.717, 1.165) is 0 Å². The van der Waals surface area contributed by atoms with Gasteiger partial charge in [0, 0.05) is 6.04 Å². The Kier molecular flexibility index (Phi) is 4.20. The van der Waals surface area contributed by atoms with E-state index in [0.29, 0.717) is 22.0 Å². The predicted octanol–water partition coefficient (Wildman–Crippen LogP) is 2.76. The Morgan fingerprint density at radius 2 is 2.00 bits per heavy atom. The maximum Gasteiger partial charge on any atom is 0.0941 e. The summed E-state index contributed by atoms with van der Waals surface area (Å²) in [5.41, 5.74) is 6.41. The molecule has 1 aromatic rings. The quantitative estimate of drug-likeness (QED) is 0.844. The van der Waals surface area contributed by atoms with Crippen molar-refractivity contribution in [1.29, 1.82) is 0 Å². The lowest BCUT2D eigenvalue weighted by atomic mass is 10.0. The van der Waals surface area contributed by atoms with Gasteiger partial charge in [0.05, 0.1) is 16.1 Å². The molecule has 0 saturated carbocycles. The minimum atomic E-state index is -0.685. The minimum Gasteiger partial charge on any atom is -0.387 e. The largest absolute Gasteiger partial charge is 0.387 e. The molecule has 0 aliphatic heterocycles. The van der Waals surface area contributed by atoms with E-state index in [1.807, 2.05) is 6.92 Å². The summed E-state index contributed by atoms with van der Waals surface area (Å²) in [6, 6.07) is 4.76. The van der Waals surface area contributed by atoms with E-state index in [-0.39, 0.29) is 6.04 Å². The van der Waals surface area contributed by atoms with Crippen LogP contribution in [0.4, 0.5) is 0 Å². The van der Waals surface area contributed by atoms with E-state index in [9.17, 15) is 5.11 Å². The third kappa shape index (κ3) is 2.61. The fourth-order valence-electron chi connectivity index (χ4n) is 1.17. The second-order valence-electron chi connectivity index (χ2n) is 3.19. The molecule has 0 unspecified atom stereocenters. The zero-order valence-corrected chi connectivity index (χ0v) is 9.39. The number of hydrogen-bond acceptors (Lipinski definition) is 2. The third-order valence-electron chi connectivity index (χ3n) is 2.16. The first-order chi connectivity index (χ1) is 6.56. The highest BCUT2D eigenvalue weighted by Gasteiger charge is 2.15. The molecule has 0 spiro atoms. The van der Waals surface area contributed by atoms with Gasteiger partial charge in [-0.05, 0) is 24.1 Å². The highest BCUT2D eigenvalue weighted by atomic mass is 35.5. The molecular formula is C10H13Cl2NO. The molecule has 0 bridgehead atoms. The first kappa shape index (κ1) is 11.8. The van der Waals surface area contributed by atoms with Crippen molar-refractivity contribution in [3.8, 4) is 0 Å². The molecule has 2 nitrogen and oxygen atoms in total. The van der Waals surface area contributed by atoms with Crippen LogP contribution >= 0.6 is 23.2 Å². The monoisotopic (exact) mass is 233 g/mol. The lowest BCUT2D eigenvalue weighted by molar-refractivity contribution is 0.144. The Bertz CT molecular complexity index is 317. The van der Waals surface area contributed by atoms with Crippen molar-refractivity contribution in [2.45, 2.75) is 25.5 Å². The van der Waals surface area contributed by atoms with Crippen LogP contribution in [-0.4, -0.2) is 11.1 Å². The lowest BCUT2D eigenvalue weighted by Crippen LogP contribution is -2.27. The Labute approximate surface area is 93.6 Å². The maximum absolute atomic E-state index is 9.78. The molecule has 78 valence electrons. The summed E-state index contributed by atoms with van der Waals surface area (Å²) in [7, 11) is 0. The van der Waals surface area contributed by atoms with Crippen molar-refractivity contribution >= 4 is 23.2 Å². The average Bonchev–Trinajstić information content (AvgIpc) is 2.20. The minimum absolute atomic E-state index is 0.271. The fourth-order valence-corrected chi connectivity index (χ4v) is 1.47. The maximum atomic E-state index is 9.78. The summed E-state index contributed by atoms with van der Waals surface area (Å²) in [4.78, 5) is 0. The lowest BCUT2D eigenvalue weighted by Gasteiger charge is -2.17. The third-order valence-corrected chi connectivity index (χ3v) is 2.90. The Morgan fingerprint density at radius 3 is 2.50 bits per heavy atom. The van der Waals surface area contributed by atoms with Crippen LogP contribution in [0.15, 0.2) is 18.2 Å². The molecule has 1 aromatic carbocycles. The van der Waals surface area contributed by atoms with Crippen LogP contribution in [0.2, 0.25) is 10.0 Å². The van der Waals surface area contributed by atoms with Crippen molar-refractivity contribution in [2.24, 2.45) is 5.73 Å². The summed E-state index contributed by atoms with van der Waals surface area (Å²) >= 11 is 11.6. The van der Waals surface area contributed by atoms with Gasteiger partial charge in [0.25, 0.3) is 0 Å². The average molecular weight is 234 g/mol. The van der Waals surface area contributed by atoms with E-state index in [1.54, 1.807) is 18.2 Å². The molecule has 0 radical (unpaired) electrons. The molecule has 0 aromatic heterocycles. The topological polar surface area (TPSA) is 46.2 Å². The van der Waals surface area contributed by atoms with E-state index < -0.39 is 6.10 Å².